The minimum Gasteiger partial charge on any atom is -0.380 e. The molecular weight excluding hydrogens is 174 g/mol. The van der Waals surface area contributed by atoms with Crippen LogP contribution in [0.1, 0.15) is 40.5 Å². The van der Waals surface area contributed by atoms with Crippen LogP contribution in [0.25, 0.3) is 0 Å². The number of likely N-dealkylation sites (N-methyl/N-ethyl adjacent to an activating group) is 1. The van der Waals surface area contributed by atoms with Gasteiger partial charge in [-0.1, -0.05) is 27.7 Å². The van der Waals surface area contributed by atoms with Gasteiger partial charge in [0.2, 0.25) is 0 Å². The summed E-state index contributed by atoms with van der Waals surface area (Å²) in [4.78, 5) is 0. The summed E-state index contributed by atoms with van der Waals surface area (Å²) in [5.41, 5.74) is 0. The van der Waals surface area contributed by atoms with Gasteiger partial charge in [-0.25, -0.2) is 0 Å². The van der Waals surface area contributed by atoms with E-state index in [0.717, 1.165) is 19.1 Å². The molecule has 0 heterocycles. The average Bonchev–Trinajstić information content (AvgIpc) is 2.10. The van der Waals surface area contributed by atoms with E-state index in [1.165, 1.54) is 12.8 Å². The second kappa shape index (κ2) is 8.25. The van der Waals surface area contributed by atoms with Crippen LogP contribution in [0.15, 0.2) is 0 Å². The van der Waals surface area contributed by atoms with E-state index in [2.05, 4.69) is 33.0 Å². The van der Waals surface area contributed by atoms with Gasteiger partial charge in [0, 0.05) is 12.6 Å². The molecule has 0 aliphatic carbocycles. The van der Waals surface area contributed by atoms with Crippen LogP contribution >= 0.6 is 0 Å². The van der Waals surface area contributed by atoms with Crippen molar-refractivity contribution in [1.29, 1.82) is 0 Å². The maximum absolute atomic E-state index is 5.64. The van der Waals surface area contributed by atoms with Crippen LogP contribution < -0.4 is 5.32 Å². The molecule has 0 aliphatic rings. The molecule has 0 aliphatic heterocycles. The van der Waals surface area contributed by atoms with E-state index in [0.29, 0.717) is 12.0 Å². The van der Waals surface area contributed by atoms with Crippen molar-refractivity contribution in [3.05, 3.63) is 0 Å². The zero-order chi connectivity index (χ0) is 11.0. The molecule has 0 radical (unpaired) electrons. The van der Waals surface area contributed by atoms with Crippen LogP contribution in [0.4, 0.5) is 0 Å². The summed E-state index contributed by atoms with van der Waals surface area (Å²) >= 11 is 0. The fraction of sp³-hybridized carbons (Fsp3) is 1.00. The molecule has 1 atom stereocenters. The van der Waals surface area contributed by atoms with Crippen LogP contribution in [0, 0.1) is 11.8 Å². The van der Waals surface area contributed by atoms with E-state index in [9.17, 15) is 0 Å². The van der Waals surface area contributed by atoms with Gasteiger partial charge in [-0.3, -0.25) is 0 Å². The van der Waals surface area contributed by atoms with Crippen LogP contribution in [-0.2, 0) is 4.74 Å². The number of hydrogen-bond donors (Lipinski definition) is 1. The summed E-state index contributed by atoms with van der Waals surface area (Å²) in [5, 5.41) is 3.28. The highest BCUT2D eigenvalue weighted by Gasteiger charge is 2.09. The van der Waals surface area contributed by atoms with Gasteiger partial charge in [-0.05, 0) is 31.7 Å². The molecule has 2 heteroatoms. The Bertz CT molecular complexity index is 123. The van der Waals surface area contributed by atoms with E-state index in [1.54, 1.807) is 0 Å². The first-order valence-electron chi connectivity index (χ1n) is 5.83. The lowest BCUT2D eigenvalue weighted by Gasteiger charge is -2.20. The molecule has 0 saturated heterocycles. The SMILES string of the molecule is CNC(COCCCC(C)C)C(C)C. The summed E-state index contributed by atoms with van der Waals surface area (Å²) in [6, 6.07) is 0.494. The highest BCUT2D eigenvalue weighted by Crippen LogP contribution is 2.05. The quantitative estimate of drug-likeness (QED) is 0.610. The Balaban J connectivity index is 3.33. The highest BCUT2D eigenvalue weighted by molar-refractivity contribution is 4.66. The van der Waals surface area contributed by atoms with Gasteiger partial charge >= 0.3 is 0 Å². The number of ether oxygens (including phenoxy) is 1. The van der Waals surface area contributed by atoms with Crippen LogP contribution in [-0.4, -0.2) is 26.3 Å². The van der Waals surface area contributed by atoms with Crippen LogP contribution in [0.5, 0.6) is 0 Å². The standard InChI is InChI=1S/C12H27NO/c1-10(2)7-6-8-14-9-12(13-5)11(3)4/h10-13H,6-9H2,1-5H3. The third-order valence-electron chi connectivity index (χ3n) is 2.54. The first-order valence-corrected chi connectivity index (χ1v) is 5.83. The molecule has 0 amide bonds. The molecule has 0 aromatic rings. The highest BCUT2D eigenvalue weighted by atomic mass is 16.5. The van der Waals surface area contributed by atoms with Crippen LogP contribution in [0.2, 0.25) is 0 Å². The molecule has 14 heavy (non-hydrogen) atoms. The molecule has 1 unspecified atom stereocenters. The largest absolute Gasteiger partial charge is 0.380 e. The van der Waals surface area contributed by atoms with Crippen molar-refractivity contribution < 1.29 is 4.74 Å². The predicted molar refractivity (Wildman–Crippen MR) is 62.6 cm³/mol. The lowest BCUT2D eigenvalue weighted by Crippen LogP contribution is -2.35. The number of rotatable bonds is 8. The van der Waals surface area contributed by atoms with Gasteiger partial charge < -0.3 is 10.1 Å². The number of nitrogens with one attached hydrogen (secondary N) is 1. The van der Waals surface area contributed by atoms with Crippen molar-refractivity contribution in [1.82, 2.24) is 5.32 Å². The lowest BCUT2D eigenvalue weighted by atomic mass is 10.1. The summed E-state index contributed by atoms with van der Waals surface area (Å²) in [6.07, 6.45) is 2.46. The minimum atomic E-state index is 0.494. The summed E-state index contributed by atoms with van der Waals surface area (Å²) < 4.78 is 5.64. The van der Waals surface area contributed by atoms with E-state index < -0.39 is 0 Å². The van der Waals surface area contributed by atoms with Crippen molar-refractivity contribution in [2.75, 3.05) is 20.3 Å². The fourth-order valence-electron chi connectivity index (χ4n) is 1.41. The lowest BCUT2D eigenvalue weighted by molar-refractivity contribution is 0.0959. The third kappa shape index (κ3) is 7.34. The molecule has 0 aromatic heterocycles. The zero-order valence-electron chi connectivity index (χ0n) is 10.5. The zero-order valence-corrected chi connectivity index (χ0v) is 10.5. The van der Waals surface area contributed by atoms with Gasteiger partial charge in [-0.2, -0.15) is 0 Å². The molecule has 86 valence electrons. The topological polar surface area (TPSA) is 21.3 Å². The molecule has 0 spiro atoms. The Morgan fingerprint density at radius 2 is 1.79 bits per heavy atom. The van der Waals surface area contributed by atoms with Crippen molar-refractivity contribution >= 4 is 0 Å². The first kappa shape index (κ1) is 13.9. The van der Waals surface area contributed by atoms with Crippen molar-refractivity contribution in [3.8, 4) is 0 Å². The van der Waals surface area contributed by atoms with Gasteiger partial charge in [0.05, 0.1) is 6.61 Å². The van der Waals surface area contributed by atoms with Crippen LogP contribution in [0.3, 0.4) is 0 Å². The smallest absolute Gasteiger partial charge is 0.0621 e. The van der Waals surface area contributed by atoms with Crippen molar-refractivity contribution in [2.45, 2.75) is 46.6 Å². The Hall–Kier alpha value is -0.0800. The van der Waals surface area contributed by atoms with Gasteiger partial charge in [0.1, 0.15) is 0 Å². The normalized spacial score (nSPS) is 13.9. The summed E-state index contributed by atoms with van der Waals surface area (Å²) in [6.45, 7) is 10.7. The Kier molecular flexibility index (Phi) is 8.20. The summed E-state index contributed by atoms with van der Waals surface area (Å²) in [5.74, 6) is 1.44. The second-order valence-corrected chi connectivity index (χ2v) is 4.75. The molecule has 0 bridgehead atoms. The van der Waals surface area contributed by atoms with E-state index in [-0.39, 0.29) is 0 Å². The molecule has 1 N–H and O–H groups in total. The average molecular weight is 201 g/mol. The molecule has 0 rings (SSSR count). The maximum atomic E-state index is 5.64. The van der Waals surface area contributed by atoms with E-state index in [4.69, 9.17) is 4.74 Å². The molecule has 0 fully saturated rings. The molecular formula is C12H27NO. The Labute approximate surface area is 89.4 Å². The summed E-state index contributed by atoms with van der Waals surface area (Å²) in [7, 11) is 2.00. The third-order valence-corrected chi connectivity index (χ3v) is 2.54. The van der Waals surface area contributed by atoms with Crippen molar-refractivity contribution in [2.24, 2.45) is 11.8 Å². The van der Waals surface area contributed by atoms with Gasteiger partial charge in [0.15, 0.2) is 0 Å². The van der Waals surface area contributed by atoms with Gasteiger partial charge in [0.25, 0.3) is 0 Å². The molecule has 0 saturated carbocycles. The minimum absolute atomic E-state index is 0.494. The van der Waals surface area contributed by atoms with Gasteiger partial charge in [-0.15, -0.1) is 0 Å². The van der Waals surface area contributed by atoms with E-state index >= 15 is 0 Å². The Morgan fingerprint density at radius 3 is 2.21 bits per heavy atom. The molecule has 0 aromatic carbocycles. The van der Waals surface area contributed by atoms with E-state index in [1.807, 2.05) is 7.05 Å². The second-order valence-electron chi connectivity index (χ2n) is 4.75. The monoisotopic (exact) mass is 201 g/mol. The van der Waals surface area contributed by atoms with Crippen molar-refractivity contribution in [3.63, 3.8) is 0 Å². The Morgan fingerprint density at radius 1 is 1.14 bits per heavy atom. The molecule has 2 nitrogen and oxygen atoms in total. The predicted octanol–water partition coefficient (Wildman–Crippen LogP) is 2.68. The fourth-order valence-corrected chi connectivity index (χ4v) is 1.41. The maximum Gasteiger partial charge on any atom is 0.0621 e. The first-order chi connectivity index (χ1) is 6.57. The number of hydrogen-bond acceptors (Lipinski definition) is 2.